The highest BCUT2D eigenvalue weighted by atomic mass is 79.9. The molecule has 3 saturated heterocycles. The van der Waals surface area contributed by atoms with Crippen molar-refractivity contribution >= 4 is 51.1 Å². The summed E-state index contributed by atoms with van der Waals surface area (Å²) in [6.07, 6.45) is 6.17. The lowest BCUT2D eigenvalue weighted by molar-refractivity contribution is -0.145. The quantitative estimate of drug-likeness (QED) is 0.206. The lowest BCUT2D eigenvalue weighted by Crippen LogP contribution is -2.59. The normalized spacial score (nSPS) is 28.9. The van der Waals surface area contributed by atoms with Gasteiger partial charge in [0.05, 0.1) is 16.6 Å². The standard InChI is InChI=1S/C31H42BrN3O4S/c1-6-16-33(21-14-10-8-11-15-21)27(37)23-24-28(38)34(18-12-9-13-19-36)26(31(24)20-22(32)25(23)40-31)29(39)35(17-7-2)30(3,4)5/h6-8,10-11,14-15,22-26,36H,1-2,9,12-13,16-20H2,3-5H3/t22?,23-,24-,25-,26?,31?/m0/s1. The second kappa shape index (κ2) is 12.4. The first kappa shape index (κ1) is 30.8. The highest BCUT2D eigenvalue weighted by Crippen LogP contribution is 2.68. The molecular weight excluding hydrogens is 590 g/mol. The molecular formula is C31H42BrN3O4S. The van der Waals surface area contributed by atoms with Crippen LogP contribution < -0.4 is 4.90 Å². The Morgan fingerprint density at radius 3 is 2.40 bits per heavy atom. The number of amides is 3. The number of rotatable bonds is 12. The highest BCUT2D eigenvalue weighted by Gasteiger charge is 2.76. The monoisotopic (exact) mass is 631 g/mol. The molecule has 0 aliphatic carbocycles. The SMILES string of the molecule is C=CCN(C(=O)[C@H]1[C@H]2C(=O)N(CCCCCO)C(C(=O)N(CC=C)C(C)(C)C)C23CC(Br)[C@@H]1S3)c1ccccc1. The molecule has 3 heterocycles. The van der Waals surface area contributed by atoms with Crippen LogP contribution in [-0.4, -0.2) is 85.3 Å². The zero-order chi connectivity index (χ0) is 29.2. The van der Waals surface area contributed by atoms with Gasteiger partial charge in [0.1, 0.15) is 6.04 Å². The van der Waals surface area contributed by atoms with Gasteiger partial charge in [0.25, 0.3) is 0 Å². The molecule has 3 amide bonds. The van der Waals surface area contributed by atoms with E-state index < -0.39 is 28.2 Å². The molecule has 1 aromatic rings. The molecule has 1 spiro atoms. The number of halogens is 1. The van der Waals surface area contributed by atoms with Gasteiger partial charge in [-0.15, -0.1) is 24.9 Å². The number of unbranched alkanes of at least 4 members (excludes halogenated alkanes) is 2. The molecule has 3 aliphatic rings. The number of aliphatic hydroxyl groups is 1. The molecule has 4 rings (SSSR count). The Balaban J connectivity index is 1.77. The second-order valence-corrected chi connectivity index (χ2v) is 14.7. The van der Waals surface area contributed by atoms with E-state index in [0.29, 0.717) is 38.9 Å². The Labute approximate surface area is 251 Å². The molecule has 3 unspecified atom stereocenters. The van der Waals surface area contributed by atoms with E-state index in [9.17, 15) is 19.5 Å². The van der Waals surface area contributed by atoms with E-state index in [1.54, 1.807) is 33.7 Å². The Morgan fingerprint density at radius 2 is 1.80 bits per heavy atom. The summed E-state index contributed by atoms with van der Waals surface area (Å²) in [4.78, 5) is 48.6. The molecule has 1 N–H and O–H groups in total. The third kappa shape index (κ3) is 5.41. The van der Waals surface area contributed by atoms with Gasteiger partial charge in [-0.25, -0.2) is 0 Å². The number of likely N-dealkylation sites (tertiary alicyclic amines) is 1. The number of alkyl halides is 1. The van der Waals surface area contributed by atoms with Gasteiger partial charge in [0.2, 0.25) is 17.7 Å². The predicted octanol–water partition coefficient (Wildman–Crippen LogP) is 4.65. The fourth-order valence-electron chi connectivity index (χ4n) is 6.71. The van der Waals surface area contributed by atoms with Gasteiger partial charge in [-0.3, -0.25) is 14.4 Å². The Bertz CT molecular complexity index is 1130. The molecule has 0 saturated carbocycles. The topological polar surface area (TPSA) is 81.2 Å². The van der Waals surface area contributed by atoms with E-state index in [1.165, 1.54) is 0 Å². The summed E-state index contributed by atoms with van der Waals surface area (Å²) < 4.78 is -0.703. The minimum absolute atomic E-state index is 0.00369. The fraction of sp³-hybridized carbons (Fsp3) is 0.581. The van der Waals surface area contributed by atoms with E-state index in [4.69, 9.17) is 0 Å². The lowest BCUT2D eigenvalue weighted by atomic mass is 9.70. The molecule has 218 valence electrons. The van der Waals surface area contributed by atoms with E-state index in [1.807, 2.05) is 56.0 Å². The van der Waals surface area contributed by atoms with Crippen LogP contribution in [-0.2, 0) is 14.4 Å². The van der Waals surface area contributed by atoms with Crippen molar-refractivity contribution in [1.82, 2.24) is 9.80 Å². The van der Waals surface area contributed by atoms with Gasteiger partial charge >= 0.3 is 0 Å². The third-order valence-corrected chi connectivity index (χ3v) is 11.6. The number of benzene rings is 1. The van der Waals surface area contributed by atoms with Crippen LogP contribution in [0, 0.1) is 11.8 Å². The maximum absolute atomic E-state index is 14.5. The zero-order valence-corrected chi connectivity index (χ0v) is 26.2. The first-order valence-electron chi connectivity index (χ1n) is 14.2. The molecule has 2 bridgehead atoms. The van der Waals surface area contributed by atoms with Crippen molar-refractivity contribution in [2.24, 2.45) is 11.8 Å². The minimum Gasteiger partial charge on any atom is -0.396 e. The maximum Gasteiger partial charge on any atom is 0.247 e. The molecule has 0 aromatic heterocycles. The number of anilines is 1. The van der Waals surface area contributed by atoms with E-state index in [2.05, 4.69) is 29.1 Å². The van der Waals surface area contributed by atoms with E-state index in [-0.39, 0.29) is 34.4 Å². The fourth-order valence-corrected chi connectivity index (χ4v) is 10.3. The van der Waals surface area contributed by atoms with Crippen molar-refractivity contribution in [1.29, 1.82) is 0 Å². The van der Waals surface area contributed by atoms with Crippen LogP contribution in [0.15, 0.2) is 55.6 Å². The van der Waals surface area contributed by atoms with Crippen molar-refractivity contribution in [3.8, 4) is 0 Å². The number of carbonyl (C=O) groups excluding carboxylic acids is 3. The lowest BCUT2D eigenvalue weighted by Gasteiger charge is -2.42. The number of carbonyl (C=O) groups is 3. The van der Waals surface area contributed by atoms with E-state index in [0.717, 1.165) is 12.1 Å². The summed E-state index contributed by atoms with van der Waals surface area (Å²) >= 11 is 5.53. The molecule has 3 fully saturated rings. The summed E-state index contributed by atoms with van der Waals surface area (Å²) in [5, 5.41) is 9.18. The van der Waals surface area contributed by atoms with Gasteiger partial charge in [-0.05, 0) is 58.6 Å². The van der Waals surface area contributed by atoms with Crippen molar-refractivity contribution < 1.29 is 19.5 Å². The zero-order valence-electron chi connectivity index (χ0n) is 23.8. The average Bonchev–Trinajstić information content (AvgIpc) is 3.50. The van der Waals surface area contributed by atoms with E-state index >= 15 is 0 Å². The highest BCUT2D eigenvalue weighted by molar-refractivity contribution is 9.09. The molecule has 3 aliphatic heterocycles. The minimum atomic E-state index is -0.703. The molecule has 6 atom stereocenters. The number of hydrogen-bond acceptors (Lipinski definition) is 5. The number of thioether (sulfide) groups is 1. The van der Waals surface area contributed by atoms with Crippen molar-refractivity contribution in [3.05, 3.63) is 55.6 Å². The molecule has 0 radical (unpaired) electrons. The Hall–Kier alpha value is -2.10. The van der Waals surface area contributed by atoms with Gasteiger partial charge < -0.3 is 19.8 Å². The number of aliphatic hydroxyl groups excluding tert-OH is 1. The number of nitrogens with zero attached hydrogens (tertiary/aromatic N) is 3. The van der Waals surface area contributed by atoms with Crippen LogP contribution in [0.2, 0.25) is 0 Å². The molecule has 9 heteroatoms. The van der Waals surface area contributed by atoms with Crippen LogP contribution in [0.5, 0.6) is 0 Å². The van der Waals surface area contributed by atoms with Crippen LogP contribution >= 0.6 is 27.7 Å². The van der Waals surface area contributed by atoms with Gasteiger partial charge in [-0.1, -0.05) is 46.3 Å². The van der Waals surface area contributed by atoms with Crippen molar-refractivity contribution in [2.45, 2.75) is 72.9 Å². The summed E-state index contributed by atoms with van der Waals surface area (Å²) in [5.41, 5.74) is 0.299. The molecule has 7 nitrogen and oxygen atoms in total. The summed E-state index contributed by atoms with van der Waals surface area (Å²) in [5.74, 6) is -1.43. The van der Waals surface area contributed by atoms with Crippen LogP contribution in [0.3, 0.4) is 0 Å². The van der Waals surface area contributed by atoms with Crippen LogP contribution in [0.4, 0.5) is 5.69 Å². The number of hydrogen-bond donors (Lipinski definition) is 1. The average molecular weight is 633 g/mol. The maximum atomic E-state index is 14.5. The van der Waals surface area contributed by atoms with Crippen molar-refractivity contribution in [3.63, 3.8) is 0 Å². The third-order valence-electron chi connectivity index (χ3n) is 8.40. The first-order chi connectivity index (χ1) is 19.0. The molecule has 40 heavy (non-hydrogen) atoms. The van der Waals surface area contributed by atoms with Crippen LogP contribution in [0.1, 0.15) is 46.5 Å². The van der Waals surface area contributed by atoms with Crippen molar-refractivity contribution in [2.75, 3.05) is 31.1 Å². The molecule has 1 aromatic carbocycles. The van der Waals surface area contributed by atoms with Crippen LogP contribution in [0.25, 0.3) is 0 Å². The first-order valence-corrected chi connectivity index (χ1v) is 16.0. The Kier molecular flexibility index (Phi) is 9.57. The van der Waals surface area contributed by atoms with Gasteiger partial charge in [0.15, 0.2) is 0 Å². The Morgan fingerprint density at radius 1 is 1.12 bits per heavy atom. The number of para-hydroxylation sites is 1. The predicted molar refractivity (Wildman–Crippen MR) is 166 cm³/mol. The van der Waals surface area contributed by atoms with Gasteiger partial charge in [0, 0.05) is 47.5 Å². The largest absolute Gasteiger partial charge is 0.396 e. The summed E-state index contributed by atoms with van der Waals surface area (Å²) in [6, 6.07) is 8.83. The number of fused-ring (bicyclic) bond motifs is 1. The smallest absolute Gasteiger partial charge is 0.247 e. The van der Waals surface area contributed by atoms with Gasteiger partial charge in [-0.2, -0.15) is 0 Å². The summed E-state index contributed by atoms with van der Waals surface area (Å²) in [7, 11) is 0. The second-order valence-electron chi connectivity index (χ2n) is 12.0. The summed E-state index contributed by atoms with van der Waals surface area (Å²) in [6.45, 7) is 15.0.